The molecule has 1 aromatic rings. The Morgan fingerprint density at radius 1 is 1.28 bits per heavy atom. The molecule has 0 saturated heterocycles. The molecule has 0 aliphatic rings. The van der Waals surface area contributed by atoms with Gasteiger partial charge in [-0.05, 0) is 43.9 Å². The average molecular weight is 250 g/mol. The Kier molecular flexibility index (Phi) is 6.33. The number of rotatable bonds is 7. The topological polar surface area (TPSA) is 47.3 Å². The van der Waals surface area contributed by atoms with Gasteiger partial charge in [-0.25, -0.2) is 0 Å². The van der Waals surface area contributed by atoms with Gasteiger partial charge in [0.2, 0.25) is 0 Å². The van der Waals surface area contributed by atoms with Crippen LogP contribution in [0, 0.1) is 13.8 Å². The van der Waals surface area contributed by atoms with Gasteiger partial charge in [-0.15, -0.1) is 0 Å². The second kappa shape index (κ2) is 7.52. The number of nitrogens with two attached hydrogens (primary N) is 1. The van der Waals surface area contributed by atoms with Crippen LogP contribution in [0.1, 0.15) is 49.4 Å². The van der Waals surface area contributed by atoms with E-state index in [4.69, 9.17) is 10.6 Å². The van der Waals surface area contributed by atoms with Crippen LogP contribution in [0.2, 0.25) is 0 Å². The lowest BCUT2D eigenvalue weighted by Gasteiger charge is -2.28. The van der Waals surface area contributed by atoms with Crippen molar-refractivity contribution in [2.45, 2.75) is 52.7 Å². The highest BCUT2D eigenvalue weighted by molar-refractivity contribution is 5.35. The molecule has 0 amide bonds. The molecule has 0 fully saturated rings. The van der Waals surface area contributed by atoms with Gasteiger partial charge in [0, 0.05) is 6.61 Å². The summed E-state index contributed by atoms with van der Waals surface area (Å²) < 4.78 is 5.84. The minimum atomic E-state index is 0.0600. The van der Waals surface area contributed by atoms with Gasteiger partial charge in [0.1, 0.15) is 0 Å². The number of benzene rings is 1. The second-order valence-electron chi connectivity index (χ2n) is 4.72. The molecule has 2 unspecified atom stereocenters. The van der Waals surface area contributed by atoms with Crippen LogP contribution >= 0.6 is 0 Å². The summed E-state index contributed by atoms with van der Waals surface area (Å²) in [4.78, 5) is 0. The van der Waals surface area contributed by atoms with Crippen molar-refractivity contribution in [1.29, 1.82) is 0 Å². The van der Waals surface area contributed by atoms with Crippen molar-refractivity contribution in [2.24, 2.45) is 5.84 Å². The van der Waals surface area contributed by atoms with Gasteiger partial charge in [0.15, 0.2) is 0 Å². The maximum atomic E-state index is 5.84. The first-order valence-electron chi connectivity index (χ1n) is 6.79. The largest absolute Gasteiger partial charge is 0.376 e. The highest BCUT2D eigenvalue weighted by Crippen LogP contribution is 2.26. The molecule has 3 nitrogen and oxygen atoms in total. The van der Waals surface area contributed by atoms with Crippen LogP contribution in [0.3, 0.4) is 0 Å². The number of ether oxygens (including phenoxy) is 1. The van der Waals surface area contributed by atoms with Crippen LogP contribution in [0.25, 0.3) is 0 Å². The third-order valence-corrected chi connectivity index (χ3v) is 3.49. The molecule has 0 aliphatic carbocycles. The Bertz CT molecular complexity index is 360. The molecule has 0 bridgehead atoms. The molecule has 1 aromatic carbocycles. The van der Waals surface area contributed by atoms with Crippen LogP contribution in [-0.4, -0.2) is 12.7 Å². The van der Waals surface area contributed by atoms with Crippen LogP contribution in [0.5, 0.6) is 0 Å². The summed E-state index contributed by atoms with van der Waals surface area (Å²) in [6.45, 7) is 9.18. The van der Waals surface area contributed by atoms with E-state index in [0.717, 1.165) is 12.8 Å². The highest BCUT2D eigenvalue weighted by Gasteiger charge is 2.23. The summed E-state index contributed by atoms with van der Waals surface area (Å²) in [5, 5.41) is 0. The summed E-state index contributed by atoms with van der Waals surface area (Å²) in [6.07, 6.45) is 2.23. The van der Waals surface area contributed by atoms with Crippen LogP contribution in [-0.2, 0) is 4.74 Å². The third-order valence-electron chi connectivity index (χ3n) is 3.49. The molecule has 1 rings (SSSR count). The lowest BCUT2D eigenvalue weighted by atomic mass is 9.92. The van der Waals surface area contributed by atoms with Crippen molar-refractivity contribution in [3.8, 4) is 0 Å². The van der Waals surface area contributed by atoms with Crippen LogP contribution < -0.4 is 11.3 Å². The van der Waals surface area contributed by atoms with Gasteiger partial charge in [0.05, 0.1) is 12.1 Å². The Labute approximate surface area is 111 Å². The summed E-state index contributed by atoms with van der Waals surface area (Å²) in [6, 6.07) is 6.40. The molecular formula is C15H26N2O. The van der Waals surface area contributed by atoms with Crippen molar-refractivity contribution in [1.82, 2.24) is 5.43 Å². The van der Waals surface area contributed by atoms with Gasteiger partial charge in [0.25, 0.3) is 0 Å². The Morgan fingerprint density at radius 3 is 2.56 bits per heavy atom. The van der Waals surface area contributed by atoms with E-state index in [0.29, 0.717) is 6.61 Å². The molecule has 102 valence electrons. The molecule has 3 heteroatoms. The third kappa shape index (κ3) is 3.55. The SMILES string of the molecule is CCCC(OCC)C(NN)c1cccc(C)c1C. The van der Waals surface area contributed by atoms with Crippen molar-refractivity contribution in [2.75, 3.05) is 6.61 Å². The van der Waals surface area contributed by atoms with E-state index in [9.17, 15) is 0 Å². The van der Waals surface area contributed by atoms with E-state index in [2.05, 4.69) is 44.4 Å². The molecule has 18 heavy (non-hydrogen) atoms. The van der Waals surface area contributed by atoms with Gasteiger partial charge in [-0.3, -0.25) is 11.3 Å². The van der Waals surface area contributed by atoms with Crippen molar-refractivity contribution in [3.63, 3.8) is 0 Å². The smallest absolute Gasteiger partial charge is 0.0782 e. The maximum Gasteiger partial charge on any atom is 0.0782 e. The quantitative estimate of drug-likeness (QED) is 0.577. The molecule has 0 radical (unpaired) electrons. The molecule has 0 spiro atoms. The number of aryl methyl sites for hydroxylation is 1. The second-order valence-corrected chi connectivity index (χ2v) is 4.72. The zero-order valence-electron chi connectivity index (χ0n) is 12.0. The van der Waals surface area contributed by atoms with Crippen molar-refractivity contribution < 1.29 is 4.74 Å². The fourth-order valence-electron chi connectivity index (χ4n) is 2.35. The highest BCUT2D eigenvalue weighted by atomic mass is 16.5. The molecule has 0 saturated carbocycles. The zero-order chi connectivity index (χ0) is 13.5. The van der Waals surface area contributed by atoms with E-state index in [1.54, 1.807) is 0 Å². The first kappa shape index (κ1) is 15.2. The lowest BCUT2D eigenvalue weighted by Crippen LogP contribution is -2.38. The minimum absolute atomic E-state index is 0.0600. The number of hydrogen-bond donors (Lipinski definition) is 2. The van der Waals surface area contributed by atoms with E-state index in [1.807, 2.05) is 6.92 Å². The molecule has 0 aliphatic heterocycles. The van der Waals surface area contributed by atoms with Crippen LogP contribution in [0.15, 0.2) is 18.2 Å². The molecular weight excluding hydrogens is 224 g/mol. The Morgan fingerprint density at radius 2 is 2.00 bits per heavy atom. The van der Waals surface area contributed by atoms with E-state index in [-0.39, 0.29) is 12.1 Å². The van der Waals surface area contributed by atoms with Gasteiger partial charge < -0.3 is 4.74 Å². The number of nitrogens with one attached hydrogen (secondary N) is 1. The standard InChI is InChI=1S/C15H26N2O/c1-5-8-14(18-6-2)15(17-16)13-10-7-9-11(3)12(13)4/h7,9-10,14-15,17H,5-6,8,16H2,1-4H3. The van der Waals surface area contributed by atoms with Crippen molar-refractivity contribution in [3.05, 3.63) is 34.9 Å². The molecule has 0 aromatic heterocycles. The van der Waals surface area contributed by atoms with Gasteiger partial charge >= 0.3 is 0 Å². The van der Waals surface area contributed by atoms with E-state index < -0.39 is 0 Å². The first-order chi connectivity index (χ1) is 8.65. The number of hydrazine groups is 1. The van der Waals surface area contributed by atoms with E-state index in [1.165, 1.54) is 16.7 Å². The fraction of sp³-hybridized carbons (Fsp3) is 0.600. The molecule has 3 N–H and O–H groups in total. The lowest BCUT2D eigenvalue weighted by molar-refractivity contribution is 0.0274. The average Bonchev–Trinajstić information content (AvgIpc) is 2.36. The van der Waals surface area contributed by atoms with E-state index >= 15 is 0 Å². The summed E-state index contributed by atoms with van der Waals surface area (Å²) in [5.41, 5.74) is 6.76. The first-order valence-corrected chi connectivity index (χ1v) is 6.79. The zero-order valence-corrected chi connectivity index (χ0v) is 12.0. The minimum Gasteiger partial charge on any atom is -0.376 e. The predicted molar refractivity (Wildman–Crippen MR) is 76.3 cm³/mol. The number of hydrogen-bond acceptors (Lipinski definition) is 3. The summed E-state index contributed by atoms with van der Waals surface area (Å²) in [5.74, 6) is 5.76. The monoisotopic (exact) mass is 250 g/mol. The van der Waals surface area contributed by atoms with Gasteiger partial charge in [-0.1, -0.05) is 31.5 Å². The predicted octanol–water partition coefficient (Wildman–Crippen LogP) is 3.01. The van der Waals surface area contributed by atoms with Crippen molar-refractivity contribution >= 4 is 0 Å². The Balaban J connectivity index is 3.02. The fourth-order valence-corrected chi connectivity index (χ4v) is 2.35. The summed E-state index contributed by atoms with van der Waals surface area (Å²) >= 11 is 0. The normalized spacial score (nSPS) is 14.5. The van der Waals surface area contributed by atoms with Crippen LogP contribution in [0.4, 0.5) is 0 Å². The molecule has 0 heterocycles. The Hall–Kier alpha value is -0.900. The van der Waals surface area contributed by atoms with Gasteiger partial charge in [-0.2, -0.15) is 0 Å². The molecule has 2 atom stereocenters. The summed E-state index contributed by atoms with van der Waals surface area (Å²) in [7, 11) is 0. The maximum absolute atomic E-state index is 5.84.